The van der Waals surface area contributed by atoms with Gasteiger partial charge in [-0.25, -0.2) is 13.6 Å². The Morgan fingerprint density at radius 1 is 1.21 bits per heavy atom. The monoisotopic (exact) mass is 268 g/mol. The van der Waals surface area contributed by atoms with E-state index in [0.717, 1.165) is 19.2 Å². The fraction of sp³-hybridized carbons (Fsp3) is 0.462. The highest BCUT2D eigenvalue weighted by Crippen LogP contribution is 2.33. The Morgan fingerprint density at radius 3 is 2.42 bits per heavy atom. The van der Waals surface area contributed by atoms with Crippen LogP contribution in [0.1, 0.15) is 10.4 Å². The van der Waals surface area contributed by atoms with Gasteiger partial charge >= 0.3 is 5.97 Å². The van der Waals surface area contributed by atoms with E-state index in [1.807, 2.05) is 0 Å². The van der Waals surface area contributed by atoms with Crippen molar-refractivity contribution in [2.75, 3.05) is 31.1 Å². The molecule has 2 heterocycles. The van der Waals surface area contributed by atoms with Crippen LogP contribution in [-0.2, 0) is 0 Å². The minimum atomic E-state index is -1.45. The zero-order chi connectivity index (χ0) is 13.6. The van der Waals surface area contributed by atoms with Crippen molar-refractivity contribution in [3.63, 3.8) is 0 Å². The summed E-state index contributed by atoms with van der Waals surface area (Å²) in [6.45, 7) is 3.16. The fourth-order valence-electron chi connectivity index (χ4n) is 3.00. The molecule has 4 nitrogen and oxygen atoms in total. The molecule has 0 spiro atoms. The van der Waals surface area contributed by atoms with Crippen LogP contribution in [0.25, 0.3) is 0 Å². The molecule has 0 amide bonds. The van der Waals surface area contributed by atoms with Gasteiger partial charge in [-0.05, 0) is 24.0 Å². The van der Waals surface area contributed by atoms with Gasteiger partial charge < -0.3 is 15.3 Å². The van der Waals surface area contributed by atoms with Gasteiger partial charge in [-0.1, -0.05) is 0 Å². The number of carboxylic acids is 1. The van der Waals surface area contributed by atoms with Crippen LogP contribution < -0.4 is 10.2 Å². The van der Waals surface area contributed by atoms with Crippen molar-refractivity contribution >= 4 is 11.7 Å². The number of nitrogens with one attached hydrogen (secondary N) is 1. The van der Waals surface area contributed by atoms with Crippen LogP contribution in [0.15, 0.2) is 12.1 Å². The number of anilines is 1. The molecule has 19 heavy (non-hydrogen) atoms. The predicted octanol–water partition coefficient (Wildman–Crippen LogP) is 1.32. The lowest BCUT2D eigenvalue weighted by molar-refractivity contribution is 0.0690. The highest BCUT2D eigenvalue weighted by Gasteiger charge is 2.37. The summed E-state index contributed by atoms with van der Waals surface area (Å²) in [4.78, 5) is 12.5. The number of aromatic carboxylic acids is 1. The van der Waals surface area contributed by atoms with Gasteiger partial charge in [0.05, 0.1) is 11.3 Å². The van der Waals surface area contributed by atoms with Crippen LogP contribution in [0.4, 0.5) is 14.5 Å². The van der Waals surface area contributed by atoms with Crippen LogP contribution >= 0.6 is 0 Å². The van der Waals surface area contributed by atoms with Crippen molar-refractivity contribution in [2.45, 2.75) is 0 Å². The second-order valence-electron chi connectivity index (χ2n) is 5.15. The topological polar surface area (TPSA) is 52.6 Å². The number of carbonyl (C=O) groups is 1. The standard InChI is InChI=1S/C13H14F2N2O2/c14-11-9(13(18)19)1-2-10(12(11)15)17-5-7-3-16-4-8(7)6-17/h1-2,7-8,16H,3-6H2,(H,18,19). The van der Waals surface area contributed by atoms with Gasteiger partial charge in [0.25, 0.3) is 0 Å². The maximum Gasteiger partial charge on any atom is 0.338 e. The largest absolute Gasteiger partial charge is 0.478 e. The third-order valence-electron chi connectivity index (χ3n) is 4.02. The van der Waals surface area contributed by atoms with E-state index < -0.39 is 23.2 Å². The summed E-state index contributed by atoms with van der Waals surface area (Å²) >= 11 is 0. The van der Waals surface area contributed by atoms with Gasteiger partial charge in [0.2, 0.25) is 0 Å². The van der Waals surface area contributed by atoms with Crippen molar-refractivity contribution in [2.24, 2.45) is 11.8 Å². The molecule has 0 saturated carbocycles. The smallest absolute Gasteiger partial charge is 0.338 e. The average Bonchev–Trinajstić information content (AvgIpc) is 2.92. The Balaban J connectivity index is 1.90. The summed E-state index contributed by atoms with van der Waals surface area (Å²) in [7, 11) is 0. The van der Waals surface area contributed by atoms with E-state index in [1.54, 1.807) is 4.90 Å². The first-order valence-electron chi connectivity index (χ1n) is 6.25. The van der Waals surface area contributed by atoms with E-state index in [9.17, 15) is 13.6 Å². The summed E-state index contributed by atoms with van der Waals surface area (Å²) in [5, 5.41) is 12.0. The van der Waals surface area contributed by atoms with E-state index in [1.165, 1.54) is 6.07 Å². The maximum atomic E-state index is 14.0. The molecule has 2 aliphatic heterocycles. The number of hydrogen-bond donors (Lipinski definition) is 2. The molecule has 2 fully saturated rings. The van der Waals surface area contributed by atoms with Crippen LogP contribution in [-0.4, -0.2) is 37.3 Å². The van der Waals surface area contributed by atoms with Gasteiger partial charge in [-0.3, -0.25) is 0 Å². The molecule has 1 aromatic carbocycles. The maximum absolute atomic E-state index is 14.0. The lowest BCUT2D eigenvalue weighted by Gasteiger charge is -2.20. The van der Waals surface area contributed by atoms with Crippen LogP contribution in [0.3, 0.4) is 0 Å². The van der Waals surface area contributed by atoms with Crippen molar-refractivity contribution in [3.05, 3.63) is 29.3 Å². The Labute approximate surface area is 109 Å². The molecule has 2 unspecified atom stereocenters. The summed E-state index contributed by atoms with van der Waals surface area (Å²) < 4.78 is 27.6. The molecule has 0 bridgehead atoms. The number of carboxylic acid groups (broad SMARTS) is 1. The van der Waals surface area contributed by atoms with Gasteiger partial charge in [0.15, 0.2) is 11.6 Å². The molecular formula is C13H14F2N2O2. The van der Waals surface area contributed by atoms with E-state index in [0.29, 0.717) is 24.9 Å². The second kappa shape index (κ2) is 4.45. The Morgan fingerprint density at radius 2 is 1.84 bits per heavy atom. The minimum Gasteiger partial charge on any atom is -0.478 e. The second-order valence-corrected chi connectivity index (χ2v) is 5.15. The molecule has 102 valence electrons. The molecule has 2 atom stereocenters. The Kier molecular flexibility index (Phi) is 2.89. The first kappa shape index (κ1) is 12.3. The Hall–Kier alpha value is -1.69. The first-order chi connectivity index (χ1) is 9.08. The van der Waals surface area contributed by atoms with Crippen LogP contribution in [0.2, 0.25) is 0 Å². The molecule has 1 aromatic rings. The van der Waals surface area contributed by atoms with Gasteiger partial charge in [0, 0.05) is 26.2 Å². The highest BCUT2D eigenvalue weighted by molar-refractivity contribution is 5.88. The molecule has 2 N–H and O–H groups in total. The summed E-state index contributed by atoms with van der Waals surface area (Å²) in [5.74, 6) is -2.87. The van der Waals surface area contributed by atoms with E-state index >= 15 is 0 Å². The number of halogens is 2. The van der Waals surface area contributed by atoms with Crippen LogP contribution in [0, 0.1) is 23.5 Å². The highest BCUT2D eigenvalue weighted by atomic mass is 19.2. The molecule has 0 radical (unpaired) electrons. The fourth-order valence-corrected chi connectivity index (χ4v) is 3.00. The lowest BCUT2D eigenvalue weighted by atomic mass is 10.0. The summed E-state index contributed by atoms with van der Waals surface area (Å²) in [6.07, 6.45) is 0. The van der Waals surface area contributed by atoms with E-state index in [2.05, 4.69) is 5.32 Å². The third-order valence-corrected chi connectivity index (χ3v) is 4.02. The lowest BCUT2D eigenvalue weighted by Crippen LogP contribution is -2.26. The Bertz CT molecular complexity index is 524. The van der Waals surface area contributed by atoms with Gasteiger partial charge in [-0.2, -0.15) is 0 Å². The van der Waals surface area contributed by atoms with E-state index in [-0.39, 0.29) is 5.69 Å². The van der Waals surface area contributed by atoms with Crippen molar-refractivity contribution in [1.29, 1.82) is 0 Å². The third kappa shape index (κ3) is 1.96. The molecule has 2 saturated heterocycles. The van der Waals surface area contributed by atoms with Crippen molar-refractivity contribution in [3.8, 4) is 0 Å². The SMILES string of the molecule is O=C(O)c1ccc(N2CC3CNCC3C2)c(F)c1F. The first-order valence-corrected chi connectivity index (χ1v) is 6.25. The van der Waals surface area contributed by atoms with Crippen LogP contribution in [0.5, 0.6) is 0 Å². The van der Waals surface area contributed by atoms with Gasteiger partial charge in [0.1, 0.15) is 0 Å². The number of nitrogens with zero attached hydrogens (tertiary/aromatic N) is 1. The summed E-state index contributed by atoms with van der Waals surface area (Å²) in [6, 6.07) is 2.48. The molecule has 6 heteroatoms. The normalized spacial score (nSPS) is 25.7. The van der Waals surface area contributed by atoms with E-state index in [4.69, 9.17) is 5.11 Å². The molecule has 3 rings (SSSR count). The predicted molar refractivity (Wildman–Crippen MR) is 65.4 cm³/mol. The number of hydrogen-bond acceptors (Lipinski definition) is 3. The zero-order valence-corrected chi connectivity index (χ0v) is 10.2. The molecular weight excluding hydrogens is 254 g/mol. The summed E-state index contributed by atoms with van der Waals surface area (Å²) in [5.41, 5.74) is -0.459. The van der Waals surface area contributed by atoms with Crippen molar-refractivity contribution in [1.82, 2.24) is 5.32 Å². The quantitative estimate of drug-likeness (QED) is 0.849. The molecule has 0 aliphatic carbocycles. The zero-order valence-electron chi connectivity index (χ0n) is 10.2. The molecule has 2 aliphatic rings. The molecule has 0 aromatic heterocycles. The van der Waals surface area contributed by atoms with Gasteiger partial charge in [-0.15, -0.1) is 0 Å². The number of rotatable bonds is 2. The number of fused-ring (bicyclic) bond motifs is 1. The van der Waals surface area contributed by atoms with Crippen molar-refractivity contribution < 1.29 is 18.7 Å². The average molecular weight is 268 g/mol. The minimum absolute atomic E-state index is 0.164. The number of benzene rings is 1.